The third kappa shape index (κ3) is 2.80. The Morgan fingerprint density at radius 3 is 1.96 bits per heavy atom. The average molecular weight is 366 g/mol. The highest BCUT2D eigenvalue weighted by molar-refractivity contribution is 6.12. The van der Waals surface area contributed by atoms with Crippen LogP contribution in [0, 0.1) is 12.3 Å². The Morgan fingerprint density at radius 1 is 0.929 bits per heavy atom. The van der Waals surface area contributed by atoms with Crippen LogP contribution in [-0.4, -0.2) is 18.9 Å². The van der Waals surface area contributed by atoms with Gasteiger partial charge >= 0.3 is 5.97 Å². The number of methoxy groups -OCH3 is 1. The third-order valence-electron chi connectivity index (χ3n) is 5.28. The zero-order valence-corrected chi connectivity index (χ0v) is 15.4. The van der Waals surface area contributed by atoms with E-state index in [2.05, 4.69) is 5.92 Å². The second kappa shape index (κ2) is 7.17. The van der Waals surface area contributed by atoms with Crippen molar-refractivity contribution in [2.75, 3.05) is 7.11 Å². The van der Waals surface area contributed by atoms with Crippen molar-refractivity contribution in [2.24, 2.45) is 0 Å². The van der Waals surface area contributed by atoms with E-state index in [4.69, 9.17) is 11.2 Å². The molecule has 3 heteroatoms. The second-order valence-corrected chi connectivity index (χ2v) is 6.74. The van der Waals surface area contributed by atoms with Crippen LogP contribution in [0.15, 0.2) is 72.8 Å². The summed E-state index contributed by atoms with van der Waals surface area (Å²) in [6.07, 6.45) is 5.98. The van der Waals surface area contributed by atoms with Gasteiger partial charge in [-0.25, -0.2) is 4.79 Å². The van der Waals surface area contributed by atoms with Gasteiger partial charge in [0.1, 0.15) is 0 Å². The van der Waals surface area contributed by atoms with Crippen LogP contribution >= 0.6 is 0 Å². The van der Waals surface area contributed by atoms with Gasteiger partial charge in [0, 0.05) is 17.0 Å². The highest BCUT2D eigenvalue weighted by Gasteiger charge is 2.35. The van der Waals surface area contributed by atoms with Gasteiger partial charge in [-0.1, -0.05) is 66.6 Å². The Bertz CT molecular complexity index is 1050. The molecule has 0 fully saturated rings. The lowest BCUT2D eigenvalue weighted by atomic mass is 9.70. The van der Waals surface area contributed by atoms with Crippen LogP contribution in [0.5, 0.6) is 0 Å². The molecule has 0 bridgehead atoms. The summed E-state index contributed by atoms with van der Waals surface area (Å²) in [7, 11) is 1.35. The van der Waals surface area contributed by atoms with Crippen LogP contribution in [-0.2, 0) is 4.74 Å². The molecule has 1 aliphatic rings. The molecule has 0 aromatic heterocycles. The van der Waals surface area contributed by atoms with Gasteiger partial charge in [0.25, 0.3) is 0 Å². The zero-order valence-electron chi connectivity index (χ0n) is 15.4. The molecule has 1 atom stereocenters. The molecule has 4 rings (SSSR count). The molecule has 0 N–H and O–H groups in total. The lowest BCUT2D eigenvalue weighted by Gasteiger charge is -2.31. The van der Waals surface area contributed by atoms with Crippen LogP contribution < -0.4 is 0 Å². The molecule has 0 saturated heterocycles. The minimum absolute atomic E-state index is 0.0271. The van der Waals surface area contributed by atoms with E-state index in [1.165, 1.54) is 7.11 Å². The molecule has 136 valence electrons. The van der Waals surface area contributed by atoms with Gasteiger partial charge in [0.2, 0.25) is 0 Å². The second-order valence-electron chi connectivity index (χ2n) is 6.74. The maximum Gasteiger partial charge on any atom is 0.337 e. The highest BCUT2D eigenvalue weighted by atomic mass is 16.5. The summed E-state index contributed by atoms with van der Waals surface area (Å²) in [5.74, 6) is 2.15. The molecule has 1 aliphatic carbocycles. The first kappa shape index (κ1) is 17.8. The molecule has 3 nitrogen and oxygen atoms in total. The van der Waals surface area contributed by atoms with E-state index in [0.717, 1.165) is 16.7 Å². The van der Waals surface area contributed by atoms with Crippen molar-refractivity contribution in [2.45, 2.75) is 11.8 Å². The summed E-state index contributed by atoms with van der Waals surface area (Å²) in [4.78, 5) is 24.7. The van der Waals surface area contributed by atoms with Gasteiger partial charge < -0.3 is 4.74 Å². The largest absolute Gasteiger partial charge is 0.465 e. The molecule has 0 aliphatic heterocycles. The van der Waals surface area contributed by atoms with Crippen molar-refractivity contribution in [1.29, 1.82) is 0 Å². The molecular formula is C25H18O3. The minimum atomic E-state index is -0.386. The average Bonchev–Trinajstić information content (AvgIpc) is 2.76. The molecule has 0 unspecified atom stereocenters. The fraction of sp³-hybridized carbons (Fsp3) is 0.120. The number of rotatable bonds is 3. The van der Waals surface area contributed by atoms with Gasteiger partial charge in [0.05, 0.1) is 18.6 Å². The van der Waals surface area contributed by atoms with Crippen LogP contribution in [0.3, 0.4) is 0 Å². The van der Waals surface area contributed by atoms with Gasteiger partial charge in [-0.3, -0.25) is 4.79 Å². The van der Waals surface area contributed by atoms with Crippen LogP contribution in [0.4, 0.5) is 0 Å². The van der Waals surface area contributed by atoms with Crippen LogP contribution in [0.25, 0.3) is 0 Å². The number of ether oxygens (including phenoxy) is 1. The van der Waals surface area contributed by atoms with E-state index in [1.54, 1.807) is 12.1 Å². The van der Waals surface area contributed by atoms with Crippen molar-refractivity contribution in [3.8, 4) is 12.3 Å². The summed E-state index contributed by atoms with van der Waals surface area (Å²) in [5.41, 5.74) is 4.65. The highest BCUT2D eigenvalue weighted by Crippen LogP contribution is 2.44. The Labute approximate surface area is 164 Å². The Balaban J connectivity index is 1.85. The number of carbonyl (C=O) groups is 2. The molecule has 3 aromatic rings. The fourth-order valence-electron chi connectivity index (χ4n) is 3.95. The number of ketones is 1. The summed E-state index contributed by atoms with van der Waals surface area (Å²) < 4.78 is 4.77. The van der Waals surface area contributed by atoms with Crippen molar-refractivity contribution < 1.29 is 14.3 Å². The summed E-state index contributed by atoms with van der Waals surface area (Å²) in [6, 6.07) is 22.4. The fourth-order valence-corrected chi connectivity index (χ4v) is 3.95. The van der Waals surface area contributed by atoms with E-state index in [0.29, 0.717) is 16.7 Å². The molecule has 3 aromatic carbocycles. The summed E-state index contributed by atoms with van der Waals surface area (Å²) >= 11 is 0. The number of fused-ring (bicyclic) bond motifs is 2. The summed E-state index contributed by atoms with van der Waals surface area (Å²) in [5, 5.41) is 0. The van der Waals surface area contributed by atoms with Crippen LogP contribution in [0.1, 0.15) is 54.8 Å². The Kier molecular flexibility index (Phi) is 4.55. The number of terminal acetylenes is 1. The first-order valence-electron chi connectivity index (χ1n) is 9.02. The SMILES string of the molecule is C#C[C@@H](c1ccc(C(=O)OC)cc1)C1c2ccccc2C(=O)c2ccccc21. The van der Waals surface area contributed by atoms with E-state index in [9.17, 15) is 9.59 Å². The molecule has 0 radical (unpaired) electrons. The lowest BCUT2D eigenvalue weighted by Crippen LogP contribution is -2.23. The lowest BCUT2D eigenvalue weighted by molar-refractivity contribution is 0.0600. The van der Waals surface area contributed by atoms with Gasteiger partial charge in [-0.15, -0.1) is 6.42 Å². The van der Waals surface area contributed by atoms with E-state index < -0.39 is 0 Å². The molecule has 0 spiro atoms. The zero-order chi connectivity index (χ0) is 19.7. The monoisotopic (exact) mass is 366 g/mol. The minimum Gasteiger partial charge on any atom is -0.465 e. The molecule has 28 heavy (non-hydrogen) atoms. The normalized spacial score (nSPS) is 13.8. The number of esters is 1. The first-order chi connectivity index (χ1) is 13.7. The molecule has 0 amide bonds. The van der Waals surface area contributed by atoms with Crippen molar-refractivity contribution in [1.82, 2.24) is 0 Å². The van der Waals surface area contributed by atoms with Crippen LogP contribution in [0.2, 0.25) is 0 Å². The topological polar surface area (TPSA) is 43.4 Å². The van der Waals surface area contributed by atoms with Crippen molar-refractivity contribution in [3.63, 3.8) is 0 Å². The Hall–Kier alpha value is -3.64. The third-order valence-corrected chi connectivity index (χ3v) is 5.28. The Morgan fingerprint density at radius 2 is 1.46 bits per heavy atom. The maximum atomic E-state index is 13.0. The smallest absolute Gasteiger partial charge is 0.337 e. The number of hydrogen-bond donors (Lipinski definition) is 0. The van der Waals surface area contributed by atoms with Gasteiger partial charge in [-0.05, 0) is 28.8 Å². The standard InChI is InChI=1S/C25H18O3/c1-3-18(16-12-14-17(15-13-16)25(27)28-2)23-19-8-4-6-10-21(19)24(26)22-11-7-5-9-20(22)23/h1,4-15,18,23H,2H3/t18-/m0/s1. The predicted octanol–water partition coefficient (Wildman–Crippen LogP) is 4.57. The van der Waals surface area contributed by atoms with Gasteiger partial charge in [0.15, 0.2) is 5.78 Å². The summed E-state index contributed by atoms with van der Waals surface area (Å²) in [6.45, 7) is 0. The molecule has 0 saturated carbocycles. The molecule has 0 heterocycles. The van der Waals surface area contributed by atoms with Crippen molar-refractivity contribution >= 4 is 11.8 Å². The van der Waals surface area contributed by atoms with E-state index >= 15 is 0 Å². The first-order valence-corrected chi connectivity index (χ1v) is 9.02. The van der Waals surface area contributed by atoms with E-state index in [1.807, 2.05) is 60.7 Å². The predicted molar refractivity (Wildman–Crippen MR) is 108 cm³/mol. The maximum absolute atomic E-state index is 13.0. The number of benzene rings is 3. The quantitative estimate of drug-likeness (QED) is 0.504. The van der Waals surface area contributed by atoms with Gasteiger partial charge in [-0.2, -0.15) is 0 Å². The molecular weight excluding hydrogens is 348 g/mol. The number of carbonyl (C=O) groups excluding carboxylic acids is 2. The number of hydrogen-bond acceptors (Lipinski definition) is 3. The van der Waals surface area contributed by atoms with Crippen molar-refractivity contribution in [3.05, 3.63) is 106 Å². The van der Waals surface area contributed by atoms with E-state index in [-0.39, 0.29) is 23.6 Å².